The van der Waals surface area contributed by atoms with Crippen molar-refractivity contribution in [3.63, 3.8) is 0 Å². The number of likely N-dealkylation sites (N-methyl/N-ethyl adjacent to an activating group) is 1. The average molecular weight is 305 g/mol. The van der Waals surface area contributed by atoms with Gasteiger partial charge in [0.1, 0.15) is 11.7 Å². The Labute approximate surface area is 133 Å². The molecule has 1 aliphatic heterocycles. The second-order valence-corrected chi connectivity index (χ2v) is 5.62. The standard InChI is InChI=1S/C16H15N7/c1-17-22(2)12-9-23(10-12)11-5-13-14(7-21-16(13)20-6-11)15-8-18-3-4-19-15/h3-8,12H,9-10H2,2H3,(H,20,21). The summed E-state index contributed by atoms with van der Waals surface area (Å²) in [4.78, 5) is 21.9. The van der Waals surface area contributed by atoms with Crippen LogP contribution in [0.4, 0.5) is 5.69 Å². The van der Waals surface area contributed by atoms with Crippen molar-refractivity contribution < 1.29 is 0 Å². The lowest BCUT2D eigenvalue weighted by atomic mass is 10.1. The number of nitrogens with zero attached hydrogens (tertiary/aromatic N) is 6. The van der Waals surface area contributed by atoms with Gasteiger partial charge < -0.3 is 9.88 Å². The third-order valence-corrected chi connectivity index (χ3v) is 4.27. The van der Waals surface area contributed by atoms with Crippen LogP contribution in [0.15, 0.2) is 37.1 Å². The largest absolute Gasteiger partial charge is 0.365 e. The molecule has 7 nitrogen and oxygen atoms in total. The Bertz CT molecular complexity index is 874. The maximum Gasteiger partial charge on any atom is 0.138 e. The number of anilines is 1. The number of hydrogen-bond donors (Lipinski definition) is 1. The summed E-state index contributed by atoms with van der Waals surface area (Å²) in [6.45, 7) is 8.75. The molecule has 4 rings (SSSR count). The highest BCUT2D eigenvalue weighted by atomic mass is 15.5. The minimum absolute atomic E-state index is 0.286. The van der Waals surface area contributed by atoms with Gasteiger partial charge in [-0.05, 0) is 6.07 Å². The summed E-state index contributed by atoms with van der Waals surface area (Å²) in [6, 6.07) is 2.41. The predicted octanol–water partition coefficient (Wildman–Crippen LogP) is 1.97. The van der Waals surface area contributed by atoms with E-state index >= 15 is 0 Å². The molecule has 0 aromatic carbocycles. The molecule has 7 heteroatoms. The summed E-state index contributed by atoms with van der Waals surface area (Å²) in [7, 11) is 1.83. The number of fused-ring (bicyclic) bond motifs is 1. The Morgan fingerprint density at radius 1 is 1.30 bits per heavy atom. The average Bonchev–Trinajstić information content (AvgIpc) is 2.97. The SMILES string of the molecule is [C-]#[N+]N(C)C1CN(c2cnc3[nH]cc(-c4cnccn4)c3c2)C1. The van der Waals surface area contributed by atoms with Gasteiger partial charge in [0.05, 0.1) is 30.8 Å². The van der Waals surface area contributed by atoms with Crippen LogP contribution in [0.2, 0.25) is 0 Å². The van der Waals surface area contributed by atoms with Crippen LogP contribution in [0.1, 0.15) is 0 Å². The lowest BCUT2D eigenvalue weighted by molar-refractivity contribution is 0.272. The van der Waals surface area contributed by atoms with Crippen molar-refractivity contribution in [1.29, 1.82) is 0 Å². The van der Waals surface area contributed by atoms with Crippen molar-refractivity contribution in [3.05, 3.63) is 48.6 Å². The fourth-order valence-electron chi connectivity index (χ4n) is 2.80. The summed E-state index contributed by atoms with van der Waals surface area (Å²) < 4.78 is 0. The van der Waals surface area contributed by atoms with E-state index in [2.05, 4.69) is 35.9 Å². The number of pyridine rings is 1. The van der Waals surface area contributed by atoms with E-state index in [0.717, 1.165) is 41.1 Å². The molecule has 1 aliphatic rings. The Hall–Kier alpha value is -3.14. The molecule has 23 heavy (non-hydrogen) atoms. The molecule has 4 heterocycles. The molecule has 0 unspecified atom stereocenters. The molecule has 0 aliphatic carbocycles. The van der Waals surface area contributed by atoms with Crippen LogP contribution in [0.25, 0.3) is 27.2 Å². The fourth-order valence-corrected chi connectivity index (χ4v) is 2.80. The zero-order valence-electron chi connectivity index (χ0n) is 12.6. The van der Waals surface area contributed by atoms with Crippen LogP contribution >= 0.6 is 0 Å². The van der Waals surface area contributed by atoms with Gasteiger partial charge in [-0.15, -0.1) is 5.01 Å². The molecule has 3 aromatic heterocycles. The van der Waals surface area contributed by atoms with Crippen LogP contribution < -0.4 is 4.90 Å². The third kappa shape index (κ3) is 2.25. The second kappa shape index (κ2) is 5.25. The van der Waals surface area contributed by atoms with Gasteiger partial charge in [0, 0.05) is 42.6 Å². The highest BCUT2D eigenvalue weighted by Crippen LogP contribution is 2.30. The molecule has 0 radical (unpaired) electrons. The Morgan fingerprint density at radius 3 is 2.91 bits per heavy atom. The van der Waals surface area contributed by atoms with Crippen molar-refractivity contribution >= 4 is 16.7 Å². The molecule has 114 valence electrons. The number of nitrogens with one attached hydrogen (secondary N) is 1. The number of hydrogen-bond acceptors (Lipinski definition) is 5. The van der Waals surface area contributed by atoms with E-state index in [-0.39, 0.29) is 6.04 Å². The van der Waals surface area contributed by atoms with Gasteiger partial charge in [-0.25, -0.2) is 4.98 Å². The summed E-state index contributed by atoms with van der Waals surface area (Å²) in [5.74, 6) is 0. The fraction of sp³-hybridized carbons (Fsp3) is 0.250. The summed E-state index contributed by atoms with van der Waals surface area (Å²) in [6.07, 6.45) is 8.88. The summed E-state index contributed by atoms with van der Waals surface area (Å²) in [5.41, 5.74) is 3.73. The summed E-state index contributed by atoms with van der Waals surface area (Å²) in [5, 5.41) is 2.72. The first kappa shape index (κ1) is 13.5. The lowest BCUT2D eigenvalue weighted by Crippen LogP contribution is -2.56. The Morgan fingerprint density at radius 2 is 2.17 bits per heavy atom. The lowest BCUT2D eigenvalue weighted by Gasteiger charge is -2.40. The number of H-pyrrole nitrogens is 1. The molecule has 0 bridgehead atoms. The van der Waals surface area contributed by atoms with Crippen molar-refractivity contribution in [2.45, 2.75) is 6.04 Å². The van der Waals surface area contributed by atoms with Crippen molar-refractivity contribution in [2.75, 3.05) is 25.0 Å². The summed E-state index contributed by atoms with van der Waals surface area (Å²) >= 11 is 0. The van der Waals surface area contributed by atoms with Gasteiger partial charge in [0.15, 0.2) is 0 Å². The Kier molecular flexibility index (Phi) is 3.08. The number of aromatic nitrogens is 4. The molecule has 0 spiro atoms. The zero-order valence-corrected chi connectivity index (χ0v) is 12.6. The molecule has 1 fully saturated rings. The number of aromatic amines is 1. The first-order valence-electron chi connectivity index (χ1n) is 7.35. The molecule has 0 saturated carbocycles. The normalized spacial score (nSPS) is 14.5. The molecule has 0 amide bonds. The molecule has 1 saturated heterocycles. The molecule has 1 N–H and O–H groups in total. The van der Waals surface area contributed by atoms with Crippen molar-refractivity contribution in [3.8, 4) is 11.3 Å². The van der Waals surface area contributed by atoms with Crippen molar-refractivity contribution in [1.82, 2.24) is 24.9 Å². The first-order chi connectivity index (χ1) is 11.3. The predicted molar refractivity (Wildman–Crippen MR) is 87.5 cm³/mol. The quantitative estimate of drug-likeness (QED) is 0.592. The topological polar surface area (TPSA) is 65.3 Å². The van der Waals surface area contributed by atoms with E-state index in [9.17, 15) is 0 Å². The van der Waals surface area contributed by atoms with Gasteiger partial charge in [-0.3, -0.25) is 9.97 Å². The van der Waals surface area contributed by atoms with Crippen LogP contribution in [0.3, 0.4) is 0 Å². The minimum Gasteiger partial charge on any atom is -0.365 e. The van der Waals surface area contributed by atoms with Gasteiger partial charge in [-0.2, -0.15) is 11.5 Å². The molecule has 0 atom stereocenters. The Balaban J connectivity index is 1.65. The molecular formula is C16H15N7. The van der Waals surface area contributed by atoms with Gasteiger partial charge in [-0.1, -0.05) is 0 Å². The maximum absolute atomic E-state index is 7.06. The van der Waals surface area contributed by atoms with Gasteiger partial charge >= 0.3 is 0 Å². The molecular weight excluding hydrogens is 290 g/mol. The highest BCUT2D eigenvalue weighted by Gasteiger charge is 2.33. The second-order valence-electron chi connectivity index (χ2n) is 5.62. The van der Waals surface area contributed by atoms with E-state index in [1.807, 2.05) is 19.4 Å². The van der Waals surface area contributed by atoms with E-state index in [4.69, 9.17) is 6.57 Å². The van der Waals surface area contributed by atoms with Gasteiger partial charge in [0.2, 0.25) is 0 Å². The van der Waals surface area contributed by atoms with Crippen LogP contribution in [-0.4, -0.2) is 51.1 Å². The van der Waals surface area contributed by atoms with Crippen molar-refractivity contribution in [2.24, 2.45) is 0 Å². The van der Waals surface area contributed by atoms with Crippen LogP contribution in [0.5, 0.6) is 0 Å². The smallest absolute Gasteiger partial charge is 0.138 e. The maximum atomic E-state index is 7.06. The van der Waals surface area contributed by atoms with E-state index in [1.165, 1.54) is 0 Å². The minimum atomic E-state index is 0.286. The monoisotopic (exact) mass is 305 g/mol. The third-order valence-electron chi connectivity index (χ3n) is 4.27. The molecule has 3 aromatic rings. The van der Waals surface area contributed by atoms with Crippen LogP contribution in [0, 0.1) is 6.57 Å². The number of rotatable bonds is 3. The van der Waals surface area contributed by atoms with Gasteiger partial charge in [0.25, 0.3) is 0 Å². The van der Waals surface area contributed by atoms with E-state index in [0.29, 0.717) is 0 Å². The zero-order chi connectivity index (χ0) is 15.8. The van der Waals surface area contributed by atoms with E-state index in [1.54, 1.807) is 23.6 Å². The van der Waals surface area contributed by atoms with E-state index < -0.39 is 0 Å². The van der Waals surface area contributed by atoms with Crippen LogP contribution in [-0.2, 0) is 0 Å². The highest BCUT2D eigenvalue weighted by molar-refractivity contribution is 5.94. The first-order valence-corrected chi connectivity index (χ1v) is 7.35.